The van der Waals surface area contributed by atoms with Crippen LogP contribution in [0.15, 0.2) is 0 Å². The predicted molar refractivity (Wildman–Crippen MR) is 54.5 cm³/mol. The summed E-state index contributed by atoms with van der Waals surface area (Å²) in [6.45, 7) is 4.24. The van der Waals surface area contributed by atoms with Gasteiger partial charge in [0.25, 0.3) is 0 Å². The highest BCUT2D eigenvalue weighted by atomic mass is 16.5. The van der Waals surface area contributed by atoms with E-state index in [1.165, 1.54) is 6.42 Å². The van der Waals surface area contributed by atoms with E-state index < -0.39 is 5.92 Å². The molecule has 1 unspecified atom stereocenters. The lowest BCUT2D eigenvalue weighted by Crippen LogP contribution is -2.16. The van der Waals surface area contributed by atoms with Gasteiger partial charge in [-0.25, -0.2) is 0 Å². The molecule has 0 aromatic heterocycles. The first kappa shape index (κ1) is 13.0. The summed E-state index contributed by atoms with van der Waals surface area (Å²) in [4.78, 5) is 11.2. The summed E-state index contributed by atoms with van der Waals surface area (Å²) in [7, 11) is 0. The Morgan fingerprint density at radius 3 is 2.57 bits per heavy atom. The molecule has 0 spiro atoms. The molecule has 3 heteroatoms. The lowest BCUT2D eigenvalue weighted by Gasteiger charge is -2.07. The number of carbonyl (C=O) groups excluding carboxylic acids is 1. The molecule has 0 amide bonds. The van der Waals surface area contributed by atoms with Crippen molar-refractivity contribution in [3.8, 4) is 6.07 Å². The standard InChI is InChI=1S/C11H19NO2/c1-3-5-6-7-8-10(9-12)11(13)14-4-2/h10H,3-8H2,1-2H3. The average molecular weight is 197 g/mol. The third-order valence-corrected chi connectivity index (χ3v) is 2.07. The van der Waals surface area contributed by atoms with Crippen LogP contribution in [0.4, 0.5) is 0 Å². The SMILES string of the molecule is CCCCCCC(C#N)C(=O)OCC. The third kappa shape index (κ3) is 5.58. The first-order valence-corrected chi connectivity index (χ1v) is 5.32. The summed E-state index contributed by atoms with van der Waals surface area (Å²) >= 11 is 0. The Morgan fingerprint density at radius 2 is 2.07 bits per heavy atom. The van der Waals surface area contributed by atoms with Crippen LogP contribution in [0.5, 0.6) is 0 Å². The van der Waals surface area contributed by atoms with Gasteiger partial charge in [-0.15, -0.1) is 0 Å². The Balaban J connectivity index is 3.69. The maximum absolute atomic E-state index is 11.2. The van der Waals surface area contributed by atoms with Crippen molar-refractivity contribution >= 4 is 5.97 Å². The van der Waals surface area contributed by atoms with Crippen LogP contribution in [0, 0.1) is 17.2 Å². The third-order valence-electron chi connectivity index (χ3n) is 2.07. The van der Waals surface area contributed by atoms with E-state index >= 15 is 0 Å². The van der Waals surface area contributed by atoms with E-state index in [0.29, 0.717) is 13.0 Å². The summed E-state index contributed by atoms with van der Waals surface area (Å²) in [5, 5.41) is 8.73. The number of nitriles is 1. The molecule has 0 aromatic rings. The fourth-order valence-corrected chi connectivity index (χ4v) is 1.25. The van der Waals surface area contributed by atoms with Crippen molar-refractivity contribution in [2.24, 2.45) is 5.92 Å². The quantitative estimate of drug-likeness (QED) is 0.465. The second-order valence-electron chi connectivity index (χ2n) is 3.28. The number of rotatable bonds is 7. The molecule has 0 N–H and O–H groups in total. The fourth-order valence-electron chi connectivity index (χ4n) is 1.25. The van der Waals surface area contributed by atoms with Gasteiger partial charge in [-0.1, -0.05) is 32.6 Å². The van der Waals surface area contributed by atoms with E-state index in [0.717, 1.165) is 19.3 Å². The second kappa shape index (κ2) is 8.55. The Morgan fingerprint density at radius 1 is 1.36 bits per heavy atom. The van der Waals surface area contributed by atoms with Crippen LogP contribution in [0.2, 0.25) is 0 Å². The summed E-state index contributed by atoms with van der Waals surface area (Å²) < 4.78 is 4.79. The van der Waals surface area contributed by atoms with E-state index in [1.807, 2.05) is 6.07 Å². The predicted octanol–water partition coefficient (Wildman–Crippen LogP) is 2.66. The lowest BCUT2D eigenvalue weighted by atomic mass is 10.0. The molecule has 0 aliphatic carbocycles. The van der Waals surface area contributed by atoms with Crippen LogP contribution >= 0.6 is 0 Å². The molecule has 0 bridgehead atoms. The maximum atomic E-state index is 11.2. The maximum Gasteiger partial charge on any atom is 0.323 e. The molecule has 80 valence electrons. The number of ether oxygens (including phenoxy) is 1. The number of hydrogen-bond acceptors (Lipinski definition) is 3. The number of unbranched alkanes of at least 4 members (excludes halogenated alkanes) is 3. The van der Waals surface area contributed by atoms with Crippen molar-refractivity contribution < 1.29 is 9.53 Å². The van der Waals surface area contributed by atoms with Crippen molar-refractivity contribution in [3.05, 3.63) is 0 Å². The Bertz CT molecular complexity index is 196. The van der Waals surface area contributed by atoms with Crippen molar-refractivity contribution in [1.82, 2.24) is 0 Å². The van der Waals surface area contributed by atoms with Gasteiger partial charge in [0.1, 0.15) is 5.92 Å². The topological polar surface area (TPSA) is 50.1 Å². The van der Waals surface area contributed by atoms with Crippen molar-refractivity contribution in [3.63, 3.8) is 0 Å². The Hall–Kier alpha value is -1.04. The summed E-state index contributed by atoms with van der Waals surface area (Å²) in [5.41, 5.74) is 0. The molecule has 0 rings (SSSR count). The zero-order chi connectivity index (χ0) is 10.8. The molecule has 1 atom stereocenters. The number of carbonyl (C=O) groups is 1. The van der Waals surface area contributed by atoms with Crippen molar-refractivity contribution in [2.45, 2.75) is 46.0 Å². The molecular weight excluding hydrogens is 178 g/mol. The number of hydrogen-bond donors (Lipinski definition) is 0. The van der Waals surface area contributed by atoms with Crippen LogP contribution < -0.4 is 0 Å². The van der Waals surface area contributed by atoms with Gasteiger partial charge in [0.15, 0.2) is 0 Å². The largest absolute Gasteiger partial charge is 0.465 e. The first-order valence-electron chi connectivity index (χ1n) is 5.32. The van der Waals surface area contributed by atoms with Gasteiger partial charge in [0.2, 0.25) is 0 Å². The minimum Gasteiger partial charge on any atom is -0.465 e. The van der Waals surface area contributed by atoms with E-state index in [-0.39, 0.29) is 5.97 Å². The van der Waals surface area contributed by atoms with E-state index in [1.54, 1.807) is 6.92 Å². The highest BCUT2D eigenvalue weighted by Crippen LogP contribution is 2.11. The number of nitrogens with zero attached hydrogens (tertiary/aromatic N) is 1. The zero-order valence-corrected chi connectivity index (χ0v) is 9.08. The van der Waals surface area contributed by atoms with Crippen LogP contribution in [0.25, 0.3) is 0 Å². The minimum atomic E-state index is -0.563. The summed E-state index contributed by atoms with van der Waals surface area (Å²) in [6, 6.07) is 1.99. The molecule has 3 nitrogen and oxygen atoms in total. The van der Waals surface area contributed by atoms with Gasteiger partial charge in [0, 0.05) is 0 Å². The second-order valence-corrected chi connectivity index (χ2v) is 3.28. The lowest BCUT2D eigenvalue weighted by molar-refractivity contribution is -0.146. The molecule has 0 fully saturated rings. The first-order chi connectivity index (χ1) is 6.76. The molecule has 0 heterocycles. The van der Waals surface area contributed by atoms with Gasteiger partial charge in [-0.2, -0.15) is 5.26 Å². The number of esters is 1. The summed E-state index contributed by atoms with van der Waals surface area (Å²) in [6.07, 6.45) is 4.99. The van der Waals surface area contributed by atoms with E-state index in [4.69, 9.17) is 10.00 Å². The van der Waals surface area contributed by atoms with E-state index in [2.05, 4.69) is 6.92 Å². The van der Waals surface area contributed by atoms with Gasteiger partial charge < -0.3 is 4.74 Å². The van der Waals surface area contributed by atoms with Crippen molar-refractivity contribution in [1.29, 1.82) is 5.26 Å². The normalized spacial score (nSPS) is 11.8. The monoisotopic (exact) mass is 197 g/mol. The molecular formula is C11H19NO2. The average Bonchev–Trinajstić information content (AvgIpc) is 2.18. The highest BCUT2D eigenvalue weighted by Gasteiger charge is 2.17. The smallest absolute Gasteiger partial charge is 0.323 e. The zero-order valence-electron chi connectivity index (χ0n) is 9.08. The molecule has 14 heavy (non-hydrogen) atoms. The van der Waals surface area contributed by atoms with Crippen LogP contribution in [-0.4, -0.2) is 12.6 Å². The molecule has 0 aliphatic rings. The van der Waals surface area contributed by atoms with Crippen LogP contribution in [0.3, 0.4) is 0 Å². The highest BCUT2D eigenvalue weighted by molar-refractivity contribution is 5.75. The fraction of sp³-hybridized carbons (Fsp3) is 0.818. The molecule has 0 aliphatic heterocycles. The Labute approximate surface area is 86.1 Å². The minimum absolute atomic E-state index is 0.353. The van der Waals surface area contributed by atoms with Crippen LogP contribution in [-0.2, 0) is 9.53 Å². The molecule has 0 aromatic carbocycles. The van der Waals surface area contributed by atoms with E-state index in [9.17, 15) is 4.79 Å². The van der Waals surface area contributed by atoms with Gasteiger partial charge in [0.05, 0.1) is 12.7 Å². The van der Waals surface area contributed by atoms with Gasteiger partial charge in [-0.05, 0) is 13.3 Å². The van der Waals surface area contributed by atoms with Crippen molar-refractivity contribution in [2.75, 3.05) is 6.61 Å². The van der Waals surface area contributed by atoms with Gasteiger partial charge in [-0.3, -0.25) is 4.79 Å². The van der Waals surface area contributed by atoms with Gasteiger partial charge >= 0.3 is 5.97 Å². The molecule has 0 radical (unpaired) electrons. The molecule has 0 saturated carbocycles. The van der Waals surface area contributed by atoms with Crippen LogP contribution in [0.1, 0.15) is 46.0 Å². The Kier molecular flexibility index (Phi) is 7.92. The summed E-state index contributed by atoms with van der Waals surface area (Å²) in [5.74, 6) is -0.932. The molecule has 0 saturated heterocycles.